The fraction of sp³-hybridized carbons (Fsp3) is 0.138. The quantitative estimate of drug-likeness (QED) is 0.155. The first kappa shape index (κ1) is 28.3. The number of alkyl halides is 3. The maximum absolute atomic E-state index is 14.1. The van der Waals surface area contributed by atoms with E-state index in [9.17, 15) is 28.1 Å². The Morgan fingerprint density at radius 1 is 1.00 bits per heavy atom. The number of nitrogens with one attached hydrogen (secondary N) is 1. The van der Waals surface area contributed by atoms with Gasteiger partial charge in [0.1, 0.15) is 17.2 Å². The van der Waals surface area contributed by atoms with E-state index in [1.807, 2.05) is 6.92 Å². The second kappa shape index (κ2) is 11.1. The number of benzene rings is 3. The number of non-ortho nitro benzene ring substituents is 1. The molecule has 1 amide bonds. The van der Waals surface area contributed by atoms with Gasteiger partial charge in [0.25, 0.3) is 11.6 Å². The lowest BCUT2D eigenvalue weighted by Crippen LogP contribution is -2.16. The Bertz CT molecular complexity index is 1910. The number of nitro benzene ring substituents is 1. The number of amides is 1. The number of hydrogen-bond donors (Lipinski definition) is 1. The lowest BCUT2D eigenvalue weighted by Gasteiger charge is -2.11. The first-order chi connectivity index (χ1) is 21.1. The number of anilines is 1. The van der Waals surface area contributed by atoms with Crippen LogP contribution in [0.2, 0.25) is 0 Å². The van der Waals surface area contributed by atoms with Crippen LogP contribution in [0.5, 0.6) is 28.7 Å². The van der Waals surface area contributed by atoms with Gasteiger partial charge in [-0.1, -0.05) is 0 Å². The number of halogens is 3. The molecule has 0 fully saturated rings. The summed E-state index contributed by atoms with van der Waals surface area (Å²) in [7, 11) is 0. The molecule has 0 saturated carbocycles. The highest BCUT2D eigenvalue weighted by molar-refractivity contribution is 6.03. The van der Waals surface area contributed by atoms with Crippen molar-refractivity contribution in [3.8, 4) is 40.0 Å². The molecular weight excluding hydrogens is 587 g/mol. The van der Waals surface area contributed by atoms with Crippen molar-refractivity contribution in [2.75, 3.05) is 18.7 Å². The summed E-state index contributed by atoms with van der Waals surface area (Å²) in [4.78, 5) is 28.3. The molecule has 1 aliphatic rings. The second-order valence-electron chi connectivity index (χ2n) is 9.33. The molecule has 5 aromatic rings. The fourth-order valence-electron chi connectivity index (χ4n) is 4.41. The molecule has 3 heterocycles. The zero-order valence-corrected chi connectivity index (χ0v) is 22.6. The lowest BCUT2D eigenvalue weighted by atomic mass is 10.1. The van der Waals surface area contributed by atoms with Crippen molar-refractivity contribution < 1.29 is 41.8 Å². The summed E-state index contributed by atoms with van der Waals surface area (Å²) in [5.74, 6) is 0.849. The summed E-state index contributed by atoms with van der Waals surface area (Å²) < 4.78 is 64.4. The van der Waals surface area contributed by atoms with E-state index >= 15 is 0 Å². The summed E-state index contributed by atoms with van der Waals surface area (Å²) in [6.07, 6.45) is -4.85. The number of hydrogen-bond acceptors (Lipinski definition) is 9. The zero-order valence-electron chi connectivity index (χ0n) is 22.6. The molecule has 12 nitrogen and oxygen atoms in total. The average molecular weight is 608 g/mol. The molecule has 15 heteroatoms. The van der Waals surface area contributed by atoms with Crippen molar-refractivity contribution in [2.45, 2.75) is 13.1 Å². The van der Waals surface area contributed by atoms with Gasteiger partial charge in [0.2, 0.25) is 6.79 Å². The molecular formula is C29H20F3N5O7. The number of fused-ring (bicyclic) bond motifs is 2. The summed E-state index contributed by atoms with van der Waals surface area (Å²) in [5.41, 5.74) is -1.99. The van der Waals surface area contributed by atoms with Gasteiger partial charge in [-0.25, -0.2) is 9.50 Å². The number of nitrogens with zero attached hydrogens (tertiary/aromatic N) is 4. The SMILES string of the molecule is CCOc1ccc(Oc2cc(NC(=O)c3cc4nc(-c5ccc6c(c5)OCO6)cc(C(F)(F)F)n4n3)cc([N+](=O)[O-])c2)cc1. The van der Waals surface area contributed by atoms with E-state index in [4.69, 9.17) is 18.9 Å². The number of aromatic nitrogens is 3. The van der Waals surface area contributed by atoms with E-state index in [1.54, 1.807) is 30.3 Å². The molecule has 224 valence electrons. The minimum absolute atomic E-state index is 0.0140. The maximum Gasteiger partial charge on any atom is 0.433 e. The fourth-order valence-corrected chi connectivity index (χ4v) is 4.41. The van der Waals surface area contributed by atoms with Crippen LogP contribution in [0.15, 0.2) is 72.8 Å². The Morgan fingerprint density at radius 2 is 1.75 bits per heavy atom. The normalized spacial score (nSPS) is 12.3. The van der Waals surface area contributed by atoms with Crippen molar-refractivity contribution in [3.05, 3.63) is 94.3 Å². The average Bonchev–Trinajstić information content (AvgIpc) is 3.64. The van der Waals surface area contributed by atoms with Gasteiger partial charge in [-0.15, -0.1) is 0 Å². The molecule has 44 heavy (non-hydrogen) atoms. The topological polar surface area (TPSA) is 139 Å². The van der Waals surface area contributed by atoms with Crippen molar-refractivity contribution in [1.29, 1.82) is 0 Å². The monoisotopic (exact) mass is 607 g/mol. The third-order valence-corrected chi connectivity index (χ3v) is 6.35. The first-order valence-electron chi connectivity index (χ1n) is 13.0. The molecule has 3 aromatic carbocycles. The molecule has 0 radical (unpaired) electrons. The summed E-state index contributed by atoms with van der Waals surface area (Å²) in [6.45, 7) is 2.29. The zero-order chi connectivity index (χ0) is 31.0. The number of carbonyl (C=O) groups is 1. The highest BCUT2D eigenvalue weighted by Crippen LogP contribution is 2.38. The minimum Gasteiger partial charge on any atom is -0.494 e. The van der Waals surface area contributed by atoms with Crippen LogP contribution in [0.4, 0.5) is 24.5 Å². The van der Waals surface area contributed by atoms with Gasteiger partial charge in [-0.05, 0) is 55.5 Å². The standard InChI is InChI=1S/C29H20F3N5O7/c1-2-41-19-4-6-20(7-5-19)44-21-11-17(10-18(12-21)37(39)40)33-28(38)23-14-27-34-22(13-26(29(30,31)32)36(27)35-23)16-3-8-24-25(9-16)43-15-42-24/h3-14H,2,15H2,1H3,(H,33,38). The Kier molecular flexibility index (Phi) is 7.12. The number of ether oxygens (including phenoxy) is 4. The third-order valence-electron chi connectivity index (χ3n) is 6.35. The molecule has 0 saturated heterocycles. The Balaban J connectivity index is 1.31. The van der Waals surface area contributed by atoms with Crippen LogP contribution in [-0.2, 0) is 6.18 Å². The summed E-state index contributed by atoms with van der Waals surface area (Å²) >= 11 is 0. The molecule has 0 atom stereocenters. The van der Waals surface area contributed by atoms with Gasteiger partial charge in [-0.3, -0.25) is 14.9 Å². The maximum atomic E-state index is 14.1. The van der Waals surface area contributed by atoms with Crippen LogP contribution >= 0.6 is 0 Å². The predicted octanol–water partition coefficient (Wildman–Crippen LogP) is 6.50. The van der Waals surface area contributed by atoms with Crippen LogP contribution in [-0.4, -0.2) is 38.8 Å². The van der Waals surface area contributed by atoms with E-state index in [0.29, 0.717) is 39.7 Å². The first-order valence-corrected chi connectivity index (χ1v) is 13.0. The molecule has 2 aromatic heterocycles. The molecule has 1 N–H and O–H groups in total. The van der Waals surface area contributed by atoms with Crippen LogP contribution in [0.3, 0.4) is 0 Å². The Morgan fingerprint density at radius 3 is 2.48 bits per heavy atom. The van der Waals surface area contributed by atoms with Gasteiger partial charge < -0.3 is 24.3 Å². The van der Waals surface area contributed by atoms with Gasteiger partial charge in [-0.2, -0.15) is 18.3 Å². The van der Waals surface area contributed by atoms with Crippen LogP contribution in [0.1, 0.15) is 23.1 Å². The highest BCUT2D eigenvalue weighted by atomic mass is 19.4. The summed E-state index contributed by atoms with van der Waals surface area (Å²) in [5, 5.41) is 17.8. The van der Waals surface area contributed by atoms with Gasteiger partial charge in [0.05, 0.1) is 29.0 Å². The van der Waals surface area contributed by atoms with E-state index in [1.165, 1.54) is 18.2 Å². The smallest absolute Gasteiger partial charge is 0.433 e. The van der Waals surface area contributed by atoms with E-state index < -0.39 is 34.1 Å². The van der Waals surface area contributed by atoms with Gasteiger partial charge in [0.15, 0.2) is 28.5 Å². The molecule has 0 unspecified atom stereocenters. The van der Waals surface area contributed by atoms with Crippen molar-refractivity contribution in [3.63, 3.8) is 0 Å². The van der Waals surface area contributed by atoms with Crippen molar-refractivity contribution in [2.24, 2.45) is 0 Å². The molecule has 0 spiro atoms. The molecule has 0 bridgehead atoms. The number of rotatable bonds is 8. The van der Waals surface area contributed by atoms with Crippen LogP contribution in [0.25, 0.3) is 16.9 Å². The van der Waals surface area contributed by atoms with E-state index in [2.05, 4.69) is 15.4 Å². The highest BCUT2D eigenvalue weighted by Gasteiger charge is 2.36. The molecule has 0 aliphatic carbocycles. The van der Waals surface area contributed by atoms with Crippen molar-refractivity contribution >= 4 is 22.9 Å². The minimum atomic E-state index is -4.85. The number of carbonyl (C=O) groups excluding carboxylic acids is 1. The number of nitro groups is 1. The van der Waals surface area contributed by atoms with E-state index in [-0.39, 0.29) is 29.6 Å². The van der Waals surface area contributed by atoms with Crippen LogP contribution in [0, 0.1) is 10.1 Å². The molecule has 1 aliphatic heterocycles. The van der Waals surface area contributed by atoms with E-state index in [0.717, 1.165) is 24.3 Å². The largest absolute Gasteiger partial charge is 0.494 e. The van der Waals surface area contributed by atoms with Gasteiger partial charge >= 0.3 is 6.18 Å². The third kappa shape index (κ3) is 5.74. The summed E-state index contributed by atoms with van der Waals surface area (Å²) in [6, 6.07) is 16.6. The lowest BCUT2D eigenvalue weighted by molar-refractivity contribution is -0.384. The van der Waals surface area contributed by atoms with Crippen molar-refractivity contribution in [1.82, 2.24) is 14.6 Å². The van der Waals surface area contributed by atoms with Gasteiger partial charge in [0, 0.05) is 23.8 Å². The van der Waals surface area contributed by atoms with Crippen LogP contribution < -0.4 is 24.3 Å². The Labute approximate surface area is 245 Å². The predicted molar refractivity (Wildman–Crippen MR) is 148 cm³/mol. The molecule has 6 rings (SSSR count). The second-order valence-corrected chi connectivity index (χ2v) is 9.33. The Hall–Kier alpha value is -5.86.